The second-order valence-corrected chi connectivity index (χ2v) is 6.96. The van der Waals surface area contributed by atoms with Crippen molar-refractivity contribution < 1.29 is 18.6 Å². The first kappa shape index (κ1) is 15.1. The molecule has 1 aliphatic rings. The van der Waals surface area contributed by atoms with Crippen molar-refractivity contribution in [2.24, 2.45) is 0 Å². The van der Waals surface area contributed by atoms with Crippen LogP contribution in [-0.2, 0) is 16.4 Å². The first-order chi connectivity index (χ1) is 9.44. The van der Waals surface area contributed by atoms with Crippen LogP contribution in [-0.4, -0.2) is 24.7 Å². The third-order valence-corrected chi connectivity index (χ3v) is 5.00. The van der Waals surface area contributed by atoms with Gasteiger partial charge in [0.1, 0.15) is 16.4 Å². The third kappa shape index (κ3) is 3.64. The van der Waals surface area contributed by atoms with Gasteiger partial charge >= 0.3 is 0 Å². The lowest BCUT2D eigenvalue weighted by atomic mass is 10.1. The van der Waals surface area contributed by atoms with Crippen LogP contribution in [0.1, 0.15) is 44.6 Å². The molecule has 1 fully saturated rings. The Balaban J connectivity index is 2.33. The fourth-order valence-corrected chi connectivity index (χ4v) is 3.83. The van der Waals surface area contributed by atoms with Gasteiger partial charge in [-0.15, -0.1) is 0 Å². The van der Waals surface area contributed by atoms with E-state index in [1.807, 2.05) is 0 Å². The number of nitrogens with one attached hydrogen (secondary N) is 1. The van der Waals surface area contributed by atoms with Crippen molar-refractivity contribution in [3.63, 3.8) is 0 Å². The number of aryl methyl sites for hydroxylation is 1. The van der Waals surface area contributed by atoms with Gasteiger partial charge in [0.2, 0.25) is 10.0 Å². The summed E-state index contributed by atoms with van der Waals surface area (Å²) in [5.41, 5.74) is 0.476. The predicted octanol–water partition coefficient (Wildman–Crippen LogP) is 2.27. The van der Waals surface area contributed by atoms with Crippen LogP contribution in [0.4, 0.5) is 0 Å². The highest BCUT2D eigenvalue weighted by Crippen LogP contribution is 2.33. The Labute approximate surface area is 119 Å². The summed E-state index contributed by atoms with van der Waals surface area (Å²) in [6, 6.07) is 2.48. The van der Waals surface area contributed by atoms with Gasteiger partial charge in [0, 0.05) is 12.1 Å². The van der Waals surface area contributed by atoms with Gasteiger partial charge in [0.25, 0.3) is 0 Å². The number of hydrogen-bond donors (Lipinski definition) is 3. The van der Waals surface area contributed by atoms with Crippen LogP contribution < -0.4 is 4.72 Å². The van der Waals surface area contributed by atoms with Crippen LogP contribution in [0, 0.1) is 0 Å². The highest BCUT2D eigenvalue weighted by Gasteiger charge is 2.31. The largest absolute Gasteiger partial charge is 0.508 e. The number of aromatic hydroxyl groups is 2. The number of benzene rings is 1. The minimum Gasteiger partial charge on any atom is -0.508 e. The van der Waals surface area contributed by atoms with Crippen molar-refractivity contribution in [1.82, 2.24) is 4.72 Å². The van der Waals surface area contributed by atoms with Crippen LogP contribution in [0.15, 0.2) is 17.0 Å². The summed E-state index contributed by atoms with van der Waals surface area (Å²) in [6.45, 7) is 2.06. The molecule has 112 valence electrons. The monoisotopic (exact) mass is 299 g/mol. The van der Waals surface area contributed by atoms with E-state index in [2.05, 4.69) is 11.6 Å². The molecule has 6 heteroatoms. The Morgan fingerprint density at radius 3 is 2.55 bits per heavy atom. The normalized spacial score (nSPS) is 15.4. The number of phenols is 2. The smallest absolute Gasteiger partial charge is 0.244 e. The number of rotatable bonds is 7. The summed E-state index contributed by atoms with van der Waals surface area (Å²) >= 11 is 0. The molecule has 1 aromatic carbocycles. The maximum Gasteiger partial charge on any atom is 0.244 e. The Kier molecular flexibility index (Phi) is 4.55. The average Bonchev–Trinajstić information content (AvgIpc) is 3.11. The molecule has 1 aromatic rings. The van der Waals surface area contributed by atoms with Crippen molar-refractivity contribution in [2.45, 2.75) is 56.4 Å². The number of unbranched alkanes of at least 4 members (excludes halogenated alkanes) is 2. The Bertz CT molecular complexity index is 579. The van der Waals surface area contributed by atoms with Crippen molar-refractivity contribution in [3.05, 3.63) is 17.7 Å². The lowest BCUT2D eigenvalue weighted by Gasteiger charge is -2.13. The van der Waals surface area contributed by atoms with E-state index in [9.17, 15) is 18.6 Å². The molecule has 3 N–H and O–H groups in total. The summed E-state index contributed by atoms with van der Waals surface area (Å²) in [4.78, 5) is -0.0849. The van der Waals surface area contributed by atoms with Gasteiger partial charge in [-0.3, -0.25) is 0 Å². The SMILES string of the molecule is CCCCCc1cc(O)cc(O)c1S(=O)(=O)NC1CC1. The maximum atomic E-state index is 12.3. The topological polar surface area (TPSA) is 86.6 Å². The van der Waals surface area contributed by atoms with Gasteiger partial charge in [-0.25, -0.2) is 13.1 Å². The summed E-state index contributed by atoms with van der Waals surface area (Å²) in [7, 11) is -3.72. The molecular weight excluding hydrogens is 278 g/mol. The van der Waals surface area contributed by atoms with E-state index in [0.717, 1.165) is 38.2 Å². The Morgan fingerprint density at radius 1 is 1.25 bits per heavy atom. The van der Waals surface area contributed by atoms with Crippen molar-refractivity contribution in [1.29, 1.82) is 0 Å². The molecule has 5 nitrogen and oxygen atoms in total. The summed E-state index contributed by atoms with van der Waals surface area (Å²) in [5, 5.41) is 19.5. The molecule has 0 aromatic heterocycles. The highest BCUT2D eigenvalue weighted by atomic mass is 32.2. The van der Waals surface area contributed by atoms with Crippen molar-refractivity contribution >= 4 is 10.0 Å². The summed E-state index contributed by atoms with van der Waals surface area (Å²) in [6.07, 6.45) is 5.02. The maximum absolute atomic E-state index is 12.3. The molecule has 1 saturated carbocycles. The highest BCUT2D eigenvalue weighted by molar-refractivity contribution is 7.89. The zero-order valence-corrected chi connectivity index (χ0v) is 12.4. The van der Waals surface area contributed by atoms with Crippen LogP contribution >= 0.6 is 0 Å². The zero-order chi connectivity index (χ0) is 14.8. The van der Waals surface area contributed by atoms with E-state index in [0.29, 0.717) is 12.0 Å². The third-order valence-electron chi connectivity index (χ3n) is 3.35. The van der Waals surface area contributed by atoms with Crippen LogP contribution in [0.5, 0.6) is 11.5 Å². The molecule has 2 rings (SSSR count). The molecular formula is C14H21NO4S. The minimum absolute atomic E-state index is 0.0169. The molecule has 0 aliphatic heterocycles. The van der Waals surface area contributed by atoms with Crippen LogP contribution in [0.3, 0.4) is 0 Å². The van der Waals surface area contributed by atoms with E-state index in [1.165, 1.54) is 6.07 Å². The molecule has 0 bridgehead atoms. The molecule has 0 unspecified atom stereocenters. The number of sulfonamides is 1. The molecule has 0 spiro atoms. The molecule has 0 heterocycles. The van der Waals surface area contributed by atoms with E-state index < -0.39 is 10.0 Å². The van der Waals surface area contributed by atoms with E-state index in [1.54, 1.807) is 0 Å². The fraction of sp³-hybridized carbons (Fsp3) is 0.571. The minimum atomic E-state index is -3.72. The van der Waals surface area contributed by atoms with Crippen LogP contribution in [0.2, 0.25) is 0 Å². The molecule has 0 atom stereocenters. The van der Waals surface area contributed by atoms with Gasteiger partial charge in [-0.2, -0.15) is 0 Å². The second-order valence-electron chi connectivity index (χ2n) is 5.31. The van der Waals surface area contributed by atoms with E-state index >= 15 is 0 Å². The lowest BCUT2D eigenvalue weighted by Crippen LogP contribution is -2.26. The second kappa shape index (κ2) is 6.01. The lowest BCUT2D eigenvalue weighted by molar-refractivity contribution is 0.436. The van der Waals surface area contributed by atoms with Gasteiger partial charge in [-0.05, 0) is 37.3 Å². The number of phenolic OH excluding ortho intramolecular Hbond substituents is 2. The quantitative estimate of drug-likeness (QED) is 0.674. The van der Waals surface area contributed by atoms with E-state index in [4.69, 9.17) is 0 Å². The molecule has 0 saturated heterocycles. The fourth-order valence-electron chi connectivity index (χ4n) is 2.20. The van der Waals surface area contributed by atoms with Gasteiger partial charge < -0.3 is 10.2 Å². The Hall–Kier alpha value is -1.27. The first-order valence-corrected chi connectivity index (χ1v) is 8.49. The van der Waals surface area contributed by atoms with Gasteiger partial charge in [0.05, 0.1) is 0 Å². The van der Waals surface area contributed by atoms with Crippen LogP contribution in [0.25, 0.3) is 0 Å². The van der Waals surface area contributed by atoms with Gasteiger partial charge in [-0.1, -0.05) is 19.8 Å². The Morgan fingerprint density at radius 2 is 1.95 bits per heavy atom. The predicted molar refractivity (Wildman–Crippen MR) is 76.3 cm³/mol. The zero-order valence-electron chi connectivity index (χ0n) is 11.6. The molecule has 0 radical (unpaired) electrons. The first-order valence-electron chi connectivity index (χ1n) is 7.01. The summed E-state index contributed by atoms with van der Waals surface area (Å²) < 4.78 is 27.2. The molecule has 20 heavy (non-hydrogen) atoms. The van der Waals surface area contributed by atoms with E-state index in [-0.39, 0.29) is 22.4 Å². The van der Waals surface area contributed by atoms with Crippen molar-refractivity contribution in [2.75, 3.05) is 0 Å². The number of hydrogen-bond acceptors (Lipinski definition) is 4. The van der Waals surface area contributed by atoms with Crippen molar-refractivity contribution in [3.8, 4) is 11.5 Å². The standard InChI is InChI=1S/C14H21NO4S/c1-2-3-4-5-10-8-12(16)9-13(17)14(10)20(18,19)15-11-6-7-11/h8-9,11,15-17H,2-7H2,1H3. The average molecular weight is 299 g/mol. The molecule has 1 aliphatic carbocycles. The summed E-state index contributed by atoms with van der Waals surface area (Å²) in [5.74, 6) is -0.496. The molecule has 0 amide bonds. The van der Waals surface area contributed by atoms with Gasteiger partial charge in [0.15, 0.2) is 0 Å².